The first kappa shape index (κ1) is 22.3. The minimum Gasteiger partial charge on any atom is -0.354 e. The van der Waals surface area contributed by atoms with Crippen LogP contribution in [-0.2, 0) is 30.6 Å². The molecule has 0 atom stereocenters. The number of fused-ring (bicyclic) bond motifs is 3. The van der Waals surface area contributed by atoms with Crippen LogP contribution in [0.5, 0.6) is 0 Å². The van der Waals surface area contributed by atoms with Crippen LogP contribution in [0.25, 0.3) is 15.9 Å². The summed E-state index contributed by atoms with van der Waals surface area (Å²) in [5.74, 6) is -0.238. The van der Waals surface area contributed by atoms with E-state index in [1.807, 2.05) is 56.3 Å². The fraction of sp³-hybridized carbons (Fsp3) is 0.296. The summed E-state index contributed by atoms with van der Waals surface area (Å²) in [4.78, 5) is 41.8. The average molecular weight is 474 g/mol. The van der Waals surface area contributed by atoms with Crippen LogP contribution < -0.4 is 16.6 Å². The lowest BCUT2D eigenvalue weighted by atomic mass is 10.1. The minimum atomic E-state index is -0.473. The fourth-order valence-electron chi connectivity index (χ4n) is 4.63. The van der Waals surface area contributed by atoms with Crippen molar-refractivity contribution in [2.24, 2.45) is 0 Å². The molecule has 0 radical (unpaired) electrons. The number of nitrogens with one attached hydrogen (secondary N) is 1. The molecule has 6 nitrogen and oxygen atoms in total. The Balaban J connectivity index is 1.54. The Morgan fingerprint density at radius 3 is 2.59 bits per heavy atom. The van der Waals surface area contributed by atoms with Crippen LogP contribution in [0.3, 0.4) is 0 Å². The van der Waals surface area contributed by atoms with Crippen molar-refractivity contribution >= 4 is 27.5 Å². The molecular formula is C27H27N3O3S. The van der Waals surface area contributed by atoms with Crippen LogP contribution in [0.1, 0.15) is 33.6 Å². The monoisotopic (exact) mass is 473 g/mol. The first-order valence-electron chi connectivity index (χ1n) is 11.6. The van der Waals surface area contributed by atoms with Crippen molar-refractivity contribution in [2.45, 2.75) is 46.1 Å². The summed E-state index contributed by atoms with van der Waals surface area (Å²) in [7, 11) is 0. The number of hydrogen-bond donors (Lipinski definition) is 1. The fourth-order valence-corrected chi connectivity index (χ4v) is 6.00. The van der Waals surface area contributed by atoms with Gasteiger partial charge in [0.25, 0.3) is 5.56 Å². The Bertz CT molecular complexity index is 1510. The number of rotatable bonds is 6. The molecule has 1 aliphatic carbocycles. The molecule has 174 valence electrons. The molecule has 2 aromatic carbocycles. The second-order valence-electron chi connectivity index (χ2n) is 8.90. The van der Waals surface area contributed by atoms with Gasteiger partial charge in [0.15, 0.2) is 0 Å². The van der Waals surface area contributed by atoms with Crippen molar-refractivity contribution in [3.8, 4) is 5.69 Å². The highest BCUT2D eigenvalue weighted by atomic mass is 32.1. The molecule has 5 rings (SSSR count). The van der Waals surface area contributed by atoms with E-state index in [1.165, 1.54) is 20.5 Å². The number of carbonyl (C=O) groups is 1. The Kier molecular flexibility index (Phi) is 5.96. The molecule has 4 aromatic rings. The third-order valence-corrected chi connectivity index (χ3v) is 7.93. The van der Waals surface area contributed by atoms with Crippen LogP contribution in [0.2, 0.25) is 0 Å². The standard InChI is InChI=1S/C27H27N3O3S/c1-17-11-12-20(15-18(17)2)30-25(32)24-21-9-6-10-22(21)34-26(24)29(27(30)33)16-23(31)28-14-13-19-7-4-3-5-8-19/h3-5,7-8,11-12,15H,6,9-10,13-14,16H2,1-2H3,(H,28,31). The van der Waals surface area contributed by atoms with Gasteiger partial charge in [-0.15, -0.1) is 11.3 Å². The van der Waals surface area contributed by atoms with Crippen molar-refractivity contribution in [1.82, 2.24) is 14.5 Å². The summed E-state index contributed by atoms with van der Waals surface area (Å²) < 4.78 is 2.71. The Morgan fingerprint density at radius 2 is 1.82 bits per heavy atom. The van der Waals surface area contributed by atoms with Crippen LogP contribution in [0.15, 0.2) is 58.1 Å². The number of hydrogen-bond acceptors (Lipinski definition) is 4. The third-order valence-electron chi connectivity index (χ3n) is 6.62. The molecule has 7 heteroatoms. The van der Waals surface area contributed by atoms with Gasteiger partial charge >= 0.3 is 5.69 Å². The van der Waals surface area contributed by atoms with Gasteiger partial charge in [-0.25, -0.2) is 9.36 Å². The van der Waals surface area contributed by atoms with E-state index in [0.29, 0.717) is 28.9 Å². The number of aryl methyl sites for hydroxylation is 4. The Hall–Kier alpha value is -3.45. The van der Waals surface area contributed by atoms with Crippen molar-refractivity contribution in [3.05, 3.63) is 96.5 Å². The second kappa shape index (κ2) is 9.06. The van der Waals surface area contributed by atoms with Gasteiger partial charge < -0.3 is 5.32 Å². The first-order chi connectivity index (χ1) is 16.4. The maximum atomic E-state index is 13.6. The summed E-state index contributed by atoms with van der Waals surface area (Å²) in [6.07, 6.45) is 3.47. The zero-order valence-corrected chi connectivity index (χ0v) is 20.2. The van der Waals surface area contributed by atoms with Gasteiger partial charge in [0.05, 0.1) is 11.1 Å². The number of amides is 1. The number of carbonyl (C=O) groups excluding carboxylic acids is 1. The van der Waals surface area contributed by atoms with E-state index >= 15 is 0 Å². The molecule has 2 aromatic heterocycles. The number of nitrogens with zero attached hydrogens (tertiary/aromatic N) is 2. The highest BCUT2D eigenvalue weighted by Crippen LogP contribution is 2.35. The van der Waals surface area contributed by atoms with E-state index in [0.717, 1.165) is 46.4 Å². The average Bonchev–Trinajstić information content (AvgIpc) is 3.41. The van der Waals surface area contributed by atoms with Crippen LogP contribution in [0, 0.1) is 13.8 Å². The quantitative estimate of drug-likeness (QED) is 0.464. The zero-order chi connectivity index (χ0) is 23.8. The summed E-state index contributed by atoms with van der Waals surface area (Å²) in [5.41, 5.74) is 4.05. The van der Waals surface area contributed by atoms with Crippen LogP contribution in [0.4, 0.5) is 0 Å². The van der Waals surface area contributed by atoms with E-state index in [2.05, 4.69) is 5.32 Å². The van der Waals surface area contributed by atoms with Gasteiger partial charge in [-0.3, -0.25) is 14.2 Å². The Morgan fingerprint density at radius 1 is 1.03 bits per heavy atom. The topological polar surface area (TPSA) is 73.1 Å². The molecule has 0 saturated carbocycles. The predicted octanol–water partition coefficient (Wildman–Crippen LogP) is 3.68. The lowest BCUT2D eigenvalue weighted by Crippen LogP contribution is -2.41. The van der Waals surface area contributed by atoms with E-state index in [9.17, 15) is 14.4 Å². The highest BCUT2D eigenvalue weighted by molar-refractivity contribution is 7.19. The molecule has 0 bridgehead atoms. The van der Waals surface area contributed by atoms with E-state index in [-0.39, 0.29) is 18.0 Å². The maximum absolute atomic E-state index is 13.6. The van der Waals surface area contributed by atoms with Crippen molar-refractivity contribution < 1.29 is 4.79 Å². The van der Waals surface area contributed by atoms with Crippen molar-refractivity contribution in [1.29, 1.82) is 0 Å². The second-order valence-corrected chi connectivity index (χ2v) is 9.98. The SMILES string of the molecule is Cc1ccc(-n2c(=O)c3c4c(sc3n(CC(=O)NCCc3ccccc3)c2=O)CCC4)cc1C. The van der Waals surface area contributed by atoms with Crippen molar-refractivity contribution in [3.63, 3.8) is 0 Å². The zero-order valence-electron chi connectivity index (χ0n) is 19.4. The van der Waals surface area contributed by atoms with Gasteiger partial charge in [0, 0.05) is 11.4 Å². The number of thiophene rings is 1. The number of benzene rings is 2. The molecule has 1 aliphatic rings. The smallest absolute Gasteiger partial charge is 0.337 e. The van der Waals surface area contributed by atoms with E-state index in [1.54, 1.807) is 6.07 Å². The van der Waals surface area contributed by atoms with Crippen molar-refractivity contribution in [2.75, 3.05) is 6.54 Å². The largest absolute Gasteiger partial charge is 0.354 e. The molecular weight excluding hydrogens is 446 g/mol. The first-order valence-corrected chi connectivity index (χ1v) is 12.4. The molecule has 0 spiro atoms. The molecule has 34 heavy (non-hydrogen) atoms. The van der Waals surface area contributed by atoms with Gasteiger partial charge in [0.1, 0.15) is 11.4 Å². The minimum absolute atomic E-state index is 0.116. The van der Waals surface area contributed by atoms with Gasteiger partial charge in [0.2, 0.25) is 5.91 Å². The summed E-state index contributed by atoms with van der Waals surface area (Å²) in [6.45, 7) is 4.32. The predicted molar refractivity (Wildman–Crippen MR) is 136 cm³/mol. The lowest BCUT2D eigenvalue weighted by Gasteiger charge is -2.14. The normalized spacial score (nSPS) is 12.8. The summed E-state index contributed by atoms with van der Waals surface area (Å²) >= 11 is 1.48. The maximum Gasteiger partial charge on any atom is 0.337 e. The lowest BCUT2D eigenvalue weighted by molar-refractivity contribution is -0.121. The molecule has 1 N–H and O–H groups in total. The number of aromatic nitrogens is 2. The van der Waals surface area contributed by atoms with Gasteiger partial charge in [-0.1, -0.05) is 36.4 Å². The van der Waals surface area contributed by atoms with Gasteiger partial charge in [-0.05, 0) is 73.9 Å². The van der Waals surface area contributed by atoms with Gasteiger partial charge in [-0.2, -0.15) is 0 Å². The molecule has 1 amide bonds. The van der Waals surface area contributed by atoms with Crippen LogP contribution >= 0.6 is 11.3 Å². The molecule has 0 aliphatic heterocycles. The molecule has 0 saturated heterocycles. The summed E-state index contributed by atoms with van der Waals surface area (Å²) in [6, 6.07) is 15.5. The summed E-state index contributed by atoms with van der Waals surface area (Å²) in [5, 5.41) is 3.52. The van der Waals surface area contributed by atoms with Crippen LogP contribution in [-0.4, -0.2) is 21.6 Å². The van der Waals surface area contributed by atoms with E-state index in [4.69, 9.17) is 0 Å². The van der Waals surface area contributed by atoms with E-state index < -0.39 is 5.69 Å². The molecule has 2 heterocycles. The third kappa shape index (κ3) is 4.01. The highest BCUT2D eigenvalue weighted by Gasteiger charge is 2.26. The molecule has 0 unspecified atom stereocenters. The Labute approximate surface area is 201 Å². The molecule has 0 fully saturated rings.